The number of allylic oxidation sites excluding steroid dienone is 2. The van der Waals surface area contributed by atoms with Gasteiger partial charge in [-0.2, -0.15) is 0 Å². The van der Waals surface area contributed by atoms with Crippen LogP contribution in [0, 0.1) is 0 Å². The number of nitrogens with zero attached hydrogens (tertiary/aromatic N) is 3. The van der Waals surface area contributed by atoms with Crippen LogP contribution < -0.4 is 10.2 Å². The van der Waals surface area contributed by atoms with Gasteiger partial charge < -0.3 is 19.8 Å². The molecule has 0 bridgehead atoms. The molecule has 0 unspecified atom stereocenters. The topological polar surface area (TPSA) is 109 Å². The van der Waals surface area contributed by atoms with Crippen molar-refractivity contribution in [2.24, 2.45) is 0 Å². The molecule has 0 atom stereocenters. The van der Waals surface area contributed by atoms with Gasteiger partial charge in [0.15, 0.2) is 10.9 Å². The van der Waals surface area contributed by atoms with E-state index in [2.05, 4.69) is 45.7 Å². The lowest BCUT2D eigenvalue weighted by Gasteiger charge is -2.23. The summed E-state index contributed by atoms with van der Waals surface area (Å²) < 4.78 is 5.68. The van der Waals surface area contributed by atoms with Gasteiger partial charge in [0.05, 0.1) is 13.0 Å². The molecule has 5 aromatic rings. The molecule has 1 amide bonds. The Hall–Kier alpha value is -5.02. The number of carboxylic acids is 1. The van der Waals surface area contributed by atoms with Gasteiger partial charge in [0.2, 0.25) is 0 Å². The molecular formula is C35H32N4O4S. The van der Waals surface area contributed by atoms with Gasteiger partial charge in [-0.25, -0.2) is 4.98 Å². The molecule has 0 spiro atoms. The van der Waals surface area contributed by atoms with Crippen molar-refractivity contribution in [3.63, 3.8) is 0 Å². The second-order valence-electron chi connectivity index (χ2n) is 10.7. The zero-order chi connectivity index (χ0) is 30.3. The lowest BCUT2D eigenvalue weighted by atomic mass is 9.93. The summed E-state index contributed by atoms with van der Waals surface area (Å²) in [5, 5.41) is 18.5. The highest BCUT2D eigenvalue weighted by Gasteiger charge is 2.19. The minimum absolute atomic E-state index is 0.0843. The number of hydrogen-bond acceptors (Lipinski definition) is 7. The Morgan fingerprint density at radius 2 is 1.73 bits per heavy atom. The van der Waals surface area contributed by atoms with Crippen LogP contribution in [0.4, 0.5) is 10.8 Å². The Labute approximate surface area is 259 Å². The van der Waals surface area contributed by atoms with E-state index >= 15 is 0 Å². The molecule has 3 aromatic carbocycles. The first kappa shape index (κ1) is 29.1. The quantitative estimate of drug-likeness (QED) is 0.157. The smallest absolute Gasteiger partial charge is 0.305 e. The highest BCUT2D eigenvalue weighted by atomic mass is 32.1. The maximum absolute atomic E-state index is 12.5. The van der Waals surface area contributed by atoms with Crippen LogP contribution >= 0.6 is 11.3 Å². The summed E-state index contributed by atoms with van der Waals surface area (Å²) in [7, 11) is 0. The zero-order valence-corrected chi connectivity index (χ0v) is 24.9. The standard InChI is InChI=1S/C35H32N4O4S/c40-33(41)19-20-36-34(42)28-13-11-24(12-14-28)22-39(29-17-15-26(16-18-29)25-7-3-1-4-8-25)35-37-31(23-44-35)32-21-30(38-43-32)27-9-5-2-6-10-27/h2,5-7,9-18,21,23H,1,3-4,8,19-20,22H2,(H,36,42)(H,40,41). The van der Waals surface area contributed by atoms with Crippen molar-refractivity contribution < 1.29 is 19.2 Å². The summed E-state index contributed by atoms with van der Waals surface area (Å²) in [4.78, 5) is 30.3. The van der Waals surface area contributed by atoms with Crippen LogP contribution in [0.15, 0.2) is 101 Å². The number of anilines is 2. The molecule has 222 valence electrons. The molecule has 2 N–H and O–H groups in total. The van der Waals surface area contributed by atoms with Crippen molar-refractivity contribution >= 4 is 39.6 Å². The fourth-order valence-electron chi connectivity index (χ4n) is 5.20. The van der Waals surface area contributed by atoms with Gasteiger partial charge in [-0.3, -0.25) is 9.59 Å². The number of aromatic nitrogens is 2. The molecule has 2 aromatic heterocycles. The van der Waals surface area contributed by atoms with Gasteiger partial charge in [0.1, 0.15) is 11.4 Å². The number of benzene rings is 3. The van der Waals surface area contributed by atoms with Crippen LogP contribution in [-0.2, 0) is 11.3 Å². The molecule has 0 saturated heterocycles. The Bertz CT molecular complexity index is 1760. The van der Waals surface area contributed by atoms with E-state index < -0.39 is 5.97 Å². The number of carboxylic acid groups (broad SMARTS) is 1. The fraction of sp³-hybridized carbons (Fsp3) is 0.200. The number of hydrogen-bond donors (Lipinski definition) is 2. The number of aliphatic carboxylic acids is 1. The molecule has 6 rings (SSSR count). The third-order valence-corrected chi connectivity index (χ3v) is 8.44. The Kier molecular flexibility index (Phi) is 8.93. The predicted molar refractivity (Wildman–Crippen MR) is 173 cm³/mol. The van der Waals surface area contributed by atoms with Crippen molar-refractivity contribution in [1.29, 1.82) is 0 Å². The SMILES string of the molecule is O=C(O)CCNC(=O)c1ccc(CN(c2ccc(C3=CCCCC3)cc2)c2nc(-c3cc(-c4ccccc4)no3)cs2)cc1. The van der Waals surface area contributed by atoms with E-state index in [-0.39, 0.29) is 18.9 Å². The van der Waals surface area contributed by atoms with Crippen molar-refractivity contribution in [2.75, 3.05) is 11.4 Å². The van der Waals surface area contributed by atoms with Crippen molar-refractivity contribution in [3.8, 4) is 22.7 Å². The van der Waals surface area contributed by atoms with Gasteiger partial charge in [-0.1, -0.05) is 65.8 Å². The summed E-state index contributed by atoms with van der Waals surface area (Å²) >= 11 is 1.53. The molecule has 2 heterocycles. The minimum Gasteiger partial charge on any atom is -0.481 e. The number of nitrogens with one attached hydrogen (secondary N) is 1. The van der Waals surface area contributed by atoms with E-state index in [0.717, 1.165) is 40.5 Å². The van der Waals surface area contributed by atoms with Crippen molar-refractivity contribution in [1.82, 2.24) is 15.5 Å². The summed E-state index contributed by atoms with van der Waals surface area (Å²) in [6.07, 6.45) is 6.95. The Balaban J connectivity index is 1.25. The van der Waals surface area contributed by atoms with E-state index in [1.54, 1.807) is 12.1 Å². The third kappa shape index (κ3) is 6.95. The molecule has 0 radical (unpaired) electrons. The minimum atomic E-state index is -0.950. The molecular weight excluding hydrogens is 572 g/mol. The highest BCUT2D eigenvalue weighted by Crippen LogP contribution is 2.36. The van der Waals surface area contributed by atoms with Crippen LogP contribution in [0.5, 0.6) is 0 Å². The Morgan fingerprint density at radius 1 is 0.932 bits per heavy atom. The van der Waals surface area contributed by atoms with Gasteiger partial charge in [-0.15, -0.1) is 11.3 Å². The normalized spacial score (nSPS) is 12.9. The van der Waals surface area contributed by atoms with Crippen molar-refractivity contribution in [3.05, 3.63) is 113 Å². The average molecular weight is 605 g/mol. The summed E-state index contributed by atoms with van der Waals surface area (Å²) in [5.74, 6) is -0.646. The maximum atomic E-state index is 12.5. The Morgan fingerprint density at radius 3 is 2.45 bits per heavy atom. The molecule has 9 heteroatoms. The van der Waals surface area contributed by atoms with Crippen LogP contribution in [0.3, 0.4) is 0 Å². The molecule has 0 aliphatic heterocycles. The van der Waals surface area contributed by atoms with Gasteiger partial charge in [0, 0.05) is 34.8 Å². The summed E-state index contributed by atoms with van der Waals surface area (Å²) in [5.41, 5.74) is 7.58. The number of carbonyl (C=O) groups is 2. The van der Waals surface area contributed by atoms with E-state index in [4.69, 9.17) is 14.6 Å². The van der Waals surface area contributed by atoms with Crippen LogP contribution in [-0.4, -0.2) is 33.7 Å². The molecule has 44 heavy (non-hydrogen) atoms. The maximum Gasteiger partial charge on any atom is 0.305 e. The number of thiazole rings is 1. The molecule has 1 aliphatic carbocycles. The largest absolute Gasteiger partial charge is 0.481 e. The third-order valence-electron chi connectivity index (χ3n) is 7.58. The van der Waals surface area contributed by atoms with Crippen LogP contribution in [0.2, 0.25) is 0 Å². The second-order valence-corrected chi connectivity index (χ2v) is 11.5. The monoisotopic (exact) mass is 604 g/mol. The summed E-state index contributed by atoms with van der Waals surface area (Å²) in [6.45, 7) is 0.614. The van der Waals surface area contributed by atoms with Gasteiger partial charge in [0.25, 0.3) is 5.91 Å². The van der Waals surface area contributed by atoms with Gasteiger partial charge in [-0.05, 0) is 66.6 Å². The number of rotatable bonds is 11. The number of amides is 1. The van der Waals surface area contributed by atoms with E-state index in [1.165, 1.54) is 35.3 Å². The molecule has 0 saturated carbocycles. The highest BCUT2D eigenvalue weighted by molar-refractivity contribution is 7.14. The average Bonchev–Trinajstić information content (AvgIpc) is 3.76. The predicted octanol–water partition coefficient (Wildman–Crippen LogP) is 7.97. The second kappa shape index (κ2) is 13.5. The van der Waals surface area contributed by atoms with Crippen LogP contribution in [0.1, 0.15) is 53.6 Å². The molecule has 1 aliphatic rings. The number of carbonyl (C=O) groups excluding carboxylic acids is 1. The van der Waals surface area contributed by atoms with E-state index in [0.29, 0.717) is 23.6 Å². The first-order valence-corrected chi connectivity index (χ1v) is 15.6. The van der Waals surface area contributed by atoms with E-state index in [1.807, 2.05) is 53.9 Å². The van der Waals surface area contributed by atoms with Crippen LogP contribution in [0.25, 0.3) is 28.3 Å². The lowest BCUT2D eigenvalue weighted by Crippen LogP contribution is -2.26. The fourth-order valence-corrected chi connectivity index (χ4v) is 6.03. The summed E-state index contributed by atoms with van der Waals surface area (Å²) in [6, 6.07) is 27.8. The molecule has 0 fully saturated rings. The van der Waals surface area contributed by atoms with Crippen molar-refractivity contribution in [2.45, 2.75) is 38.6 Å². The lowest BCUT2D eigenvalue weighted by molar-refractivity contribution is -0.136. The first-order valence-electron chi connectivity index (χ1n) is 14.7. The van der Waals surface area contributed by atoms with E-state index in [9.17, 15) is 9.59 Å². The zero-order valence-electron chi connectivity index (χ0n) is 24.1. The first-order chi connectivity index (χ1) is 21.5. The molecule has 8 nitrogen and oxygen atoms in total. The van der Waals surface area contributed by atoms with Gasteiger partial charge >= 0.3 is 5.97 Å².